The van der Waals surface area contributed by atoms with Gasteiger partial charge >= 0.3 is 0 Å². The Bertz CT molecular complexity index is 406. The monoisotopic (exact) mass is 243 g/mol. The Morgan fingerprint density at radius 2 is 1.94 bits per heavy atom. The lowest BCUT2D eigenvalue weighted by atomic mass is 10.0. The molecule has 0 radical (unpaired) electrons. The lowest BCUT2D eigenvalue weighted by molar-refractivity contribution is 0.0877. The van der Waals surface area contributed by atoms with Crippen molar-refractivity contribution < 1.29 is 4.79 Å². The first-order valence-electron chi connectivity index (χ1n) is 6.18. The zero-order valence-electron chi connectivity index (χ0n) is 11.2. The Morgan fingerprint density at radius 3 is 2.50 bits per heavy atom. The van der Waals surface area contributed by atoms with Crippen molar-refractivity contribution in [3.63, 3.8) is 0 Å². The van der Waals surface area contributed by atoms with E-state index >= 15 is 0 Å². The van der Waals surface area contributed by atoms with Crippen molar-refractivity contribution in [3.8, 4) is 0 Å². The van der Waals surface area contributed by atoms with Gasteiger partial charge in [0, 0.05) is 5.56 Å². The Hall–Kier alpha value is -1.67. The zero-order chi connectivity index (χ0) is 13.4. The molecule has 0 amide bonds. The van der Waals surface area contributed by atoms with Crippen molar-refractivity contribution in [1.29, 1.82) is 0 Å². The first-order valence-corrected chi connectivity index (χ1v) is 6.18. The fourth-order valence-corrected chi connectivity index (χ4v) is 1.76. The molecule has 0 aromatic heterocycles. The average Bonchev–Trinajstić information content (AvgIpc) is 2.39. The van der Waals surface area contributed by atoms with E-state index in [9.17, 15) is 4.79 Å². The Kier molecular flexibility index (Phi) is 6.09. The SMILES string of the molecule is C=CCC=CCC(C(=O)c1ccccc1)N(C)C. The number of likely N-dealkylation sites (N-methyl/N-ethyl adjacent to an activating group) is 1. The average molecular weight is 243 g/mol. The second-order valence-corrected chi connectivity index (χ2v) is 4.44. The quantitative estimate of drug-likeness (QED) is 0.541. The summed E-state index contributed by atoms with van der Waals surface area (Å²) in [7, 11) is 3.87. The van der Waals surface area contributed by atoms with Crippen LogP contribution in [-0.4, -0.2) is 30.8 Å². The van der Waals surface area contributed by atoms with E-state index in [1.54, 1.807) is 0 Å². The summed E-state index contributed by atoms with van der Waals surface area (Å²) in [6.45, 7) is 3.67. The van der Waals surface area contributed by atoms with E-state index < -0.39 is 0 Å². The summed E-state index contributed by atoms with van der Waals surface area (Å²) in [6, 6.07) is 9.35. The lowest BCUT2D eigenvalue weighted by Crippen LogP contribution is -2.35. The molecule has 1 unspecified atom stereocenters. The maximum absolute atomic E-state index is 12.4. The third-order valence-electron chi connectivity index (χ3n) is 2.81. The van der Waals surface area contributed by atoms with Crippen molar-refractivity contribution in [3.05, 3.63) is 60.7 Å². The minimum absolute atomic E-state index is 0.103. The second kappa shape index (κ2) is 7.62. The summed E-state index contributed by atoms with van der Waals surface area (Å²) >= 11 is 0. The first kappa shape index (κ1) is 14.4. The second-order valence-electron chi connectivity index (χ2n) is 4.44. The van der Waals surface area contributed by atoms with E-state index in [0.29, 0.717) is 0 Å². The highest BCUT2D eigenvalue weighted by Gasteiger charge is 2.20. The van der Waals surface area contributed by atoms with Gasteiger partial charge in [0.2, 0.25) is 0 Å². The summed E-state index contributed by atoms with van der Waals surface area (Å²) in [4.78, 5) is 14.3. The smallest absolute Gasteiger partial charge is 0.180 e. The molecular formula is C16H21NO. The van der Waals surface area contributed by atoms with Gasteiger partial charge in [-0.05, 0) is 26.9 Å². The van der Waals surface area contributed by atoms with Crippen LogP contribution in [0.4, 0.5) is 0 Å². The van der Waals surface area contributed by atoms with E-state index in [1.165, 1.54) is 0 Å². The number of ketones is 1. The molecule has 0 saturated heterocycles. The van der Waals surface area contributed by atoms with E-state index in [4.69, 9.17) is 0 Å². The number of benzene rings is 1. The molecule has 0 N–H and O–H groups in total. The highest BCUT2D eigenvalue weighted by Crippen LogP contribution is 2.11. The van der Waals surface area contributed by atoms with E-state index in [2.05, 4.69) is 6.58 Å². The molecule has 0 fully saturated rings. The summed E-state index contributed by atoms with van der Waals surface area (Å²) in [5, 5.41) is 0. The topological polar surface area (TPSA) is 20.3 Å². The van der Waals surface area contributed by atoms with Crippen molar-refractivity contribution in [2.75, 3.05) is 14.1 Å². The Labute approximate surface area is 110 Å². The van der Waals surface area contributed by atoms with Crippen LogP contribution < -0.4 is 0 Å². The van der Waals surface area contributed by atoms with Crippen molar-refractivity contribution in [1.82, 2.24) is 4.90 Å². The van der Waals surface area contributed by atoms with Gasteiger partial charge in [-0.15, -0.1) is 6.58 Å². The molecule has 1 aromatic rings. The maximum Gasteiger partial charge on any atom is 0.180 e. The third kappa shape index (κ3) is 4.30. The van der Waals surface area contributed by atoms with E-state index in [-0.39, 0.29) is 11.8 Å². The highest BCUT2D eigenvalue weighted by molar-refractivity contribution is 6.00. The Morgan fingerprint density at radius 1 is 1.28 bits per heavy atom. The number of nitrogens with zero attached hydrogens (tertiary/aromatic N) is 1. The van der Waals surface area contributed by atoms with Gasteiger partial charge in [-0.3, -0.25) is 9.69 Å². The lowest BCUT2D eigenvalue weighted by Gasteiger charge is -2.21. The number of rotatable bonds is 7. The summed E-state index contributed by atoms with van der Waals surface area (Å²) < 4.78 is 0. The van der Waals surface area contributed by atoms with E-state index in [1.807, 2.05) is 67.6 Å². The third-order valence-corrected chi connectivity index (χ3v) is 2.81. The number of Topliss-reactive ketones (excluding diaryl/α,β-unsaturated/α-hetero) is 1. The highest BCUT2D eigenvalue weighted by atomic mass is 16.1. The van der Waals surface area contributed by atoms with Crippen molar-refractivity contribution >= 4 is 5.78 Å². The van der Waals surface area contributed by atoms with Crippen molar-refractivity contribution in [2.24, 2.45) is 0 Å². The molecule has 2 nitrogen and oxygen atoms in total. The largest absolute Gasteiger partial charge is 0.299 e. The number of hydrogen-bond acceptors (Lipinski definition) is 2. The van der Waals surface area contributed by atoms with Crippen LogP contribution in [0, 0.1) is 0 Å². The molecule has 1 aromatic carbocycles. The molecule has 0 aliphatic carbocycles. The maximum atomic E-state index is 12.4. The molecule has 1 rings (SSSR count). The molecule has 0 spiro atoms. The van der Waals surface area contributed by atoms with Gasteiger partial charge in [0.05, 0.1) is 6.04 Å². The number of hydrogen-bond donors (Lipinski definition) is 0. The minimum Gasteiger partial charge on any atom is -0.299 e. The van der Waals surface area contributed by atoms with Crippen LogP contribution in [0.5, 0.6) is 0 Å². The number of allylic oxidation sites excluding steroid dienone is 2. The van der Waals surface area contributed by atoms with Gasteiger partial charge in [0.15, 0.2) is 5.78 Å². The standard InChI is InChI=1S/C16H21NO/c1-4-5-6-10-13-15(17(2)3)16(18)14-11-8-7-9-12-14/h4,6-12,15H,1,5,13H2,2-3H3. The summed E-state index contributed by atoms with van der Waals surface area (Å²) in [5.41, 5.74) is 0.772. The van der Waals surface area contributed by atoms with Gasteiger partial charge in [0.1, 0.15) is 0 Å². The normalized spacial score (nSPS) is 12.8. The molecule has 18 heavy (non-hydrogen) atoms. The summed E-state index contributed by atoms with van der Waals surface area (Å²) in [6.07, 6.45) is 7.52. The molecule has 96 valence electrons. The van der Waals surface area contributed by atoms with Crippen LogP contribution >= 0.6 is 0 Å². The molecule has 1 atom stereocenters. The Balaban J connectivity index is 2.73. The van der Waals surface area contributed by atoms with Crippen LogP contribution in [0.2, 0.25) is 0 Å². The van der Waals surface area contributed by atoms with E-state index in [0.717, 1.165) is 18.4 Å². The fraction of sp³-hybridized carbons (Fsp3) is 0.312. The molecule has 0 heterocycles. The van der Waals surface area contributed by atoms with Crippen LogP contribution in [-0.2, 0) is 0 Å². The van der Waals surface area contributed by atoms with Crippen molar-refractivity contribution in [2.45, 2.75) is 18.9 Å². The molecule has 0 aliphatic rings. The molecule has 0 aliphatic heterocycles. The zero-order valence-corrected chi connectivity index (χ0v) is 11.2. The van der Waals surface area contributed by atoms with Crippen LogP contribution in [0.1, 0.15) is 23.2 Å². The predicted molar refractivity (Wildman–Crippen MR) is 76.8 cm³/mol. The molecule has 0 bridgehead atoms. The van der Waals surface area contributed by atoms with Gasteiger partial charge < -0.3 is 0 Å². The van der Waals surface area contributed by atoms with Gasteiger partial charge in [-0.2, -0.15) is 0 Å². The number of carbonyl (C=O) groups excluding carboxylic acids is 1. The molecular weight excluding hydrogens is 222 g/mol. The summed E-state index contributed by atoms with van der Waals surface area (Å²) in [5.74, 6) is 0.170. The van der Waals surface area contributed by atoms with Crippen LogP contribution in [0.3, 0.4) is 0 Å². The molecule has 0 saturated carbocycles. The fourth-order valence-electron chi connectivity index (χ4n) is 1.76. The van der Waals surface area contributed by atoms with Gasteiger partial charge in [-0.25, -0.2) is 0 Å². The minimum atomic E-state index is -0.103. The van der Waals surface area contributed by atoms with Gasteiger partial charge in [-0.1, -0.05) is 48.6 Å². The molecule has 2 heteroatoms. The van der Waals surface area contributed by atoms with Crippen LogP contribution in [0.25, 0.3) is 0 Å². The first-order chi connectivity index (χ1) is 8.66. The van der Waals surface area contributed by atoms with Crippen LogP contribution in [0.15, 0.2) is 55.1 Å². The van der Waals surface area contributed by atoms with Gasteiger partial charge in [0.25, 0.3) is 0 Å². The predicted octanol–water partition coefficient (Wildman–Crippen LogP) is 3.32. The number of carbonyl (C=O) groups is 1.